The first-order valence-corrected chi connectivity index (χ1v) is 9.82. The maximum atomic E-state index is 12.2. The number of nitrogens with zero attached hydrogens (tertiary/aromatic N) is 3. The van der Waals surface area contributed by atoms with Gasteiger partial charge in [-0.25, -0.2) is 9.78 Å². The summed E-state index contributed by atoms with van der Waals surface area (Å²) in [7, 11) is 0. The van der Waals surface area contributed by atoms with Crippen molar-refractivity contribution >= 4 is 29.2 Å². The second kappa shape index (κ2) is 8.22. The van der Waals surface area contributed by atoms with Crippen molar-refractivity contribution in [1.29, 1.82) is 0 Å². The summed E-state index contributed by atoms with van der Waals surface area (Å²) in [4.78, 5) is 40.6. The van der Waals surface area contributed by atoms with Gasteiger partial charge in [0.25, 0.3) is 0 Å². The SMILES string of the molecule is CC(C)(C)OC(=O)N1CCC(Nc2cc(NC(=O)C3CC3)ncc2[N+](=O)[O-])CC1. The molecule has 0 bridgehead atoms. The molecule has 0 spiro atoms. The minimum atomic E-state index is -0.550. The Bertz CT molecular complexity index is 795. The van der Waals surface area contributed by atoms with Crippen molar-refractivity contribution in [2.45, 2.75) is 58.1 Å². The molecule has 0 aromatic carbocycles. The number of likely N-dealkylation sites (tertiary alicyclic amines) is 1. The maximum absolute atomic E-state index is 12.2. The van der Waals surface area contributed by atoms with Crippen LogP contribution >= 0.6 is 0 Å². The van der Waals surface area contributed by atoms with Gasteiger partial charge in [-0.15, -0.1) is 0 Å². The monoisotopic (exact) mass is 405 g/mol. The largest absolute Gasteiger partial charge is 0.444 e. The Hall–Kier alpha value is -2.91. The Morgan fingerprint density at radius 2 is 1.90 bits per heavy atom. The van der Waals surface area contributed by atoms with Crippen LogP contribution in [-0.2, 0) is 9.53 Å². The number of carbonyl (C=O) groups excluding carboxylic acids is 2. The van der Waals surface area contributed by atoms with Gasteiger partial charge < -0.3 is 20.3 Å². The lowest BCUT2D eigenvalue weighted by atomic mass is 10.0. The molecule has 0 unspecified atom stereocenters. The summed E-state index contributed by atoms with van der Waals surface area (Å²) in [6.07, 6.45) is 3.78. The zero-order valence-corrected chi connectivity index (χ0v) is 16.9. The maximum Gasteiger partial charge on any atom is 0.410 e. The first-order chi connectivity index (χ1) is 13.6. The molecule has 29 heavy (non-hydrogen) atoms. The van der Waals surface area contributed by atoms with E-state index in [-0.39, 0.29) is 29.6 Å². The van der Waals surface area contributed by atoms with Gasteiger partial charge in [-0.3, -0.25) is 14.9 Å². The van der Waals surface area contributed by atoms with Crippen LogP contribution in [0.15, 0.2) is 12.3 Å². The van der Waals surface area contributed by atoms with Gasteiger partial charge in [-0.05, 0) is 46.5 Å². The molecule has 1 aromatic rings. The smallest absolute Gasteiger partial charge is 0.410 e. The van der Waals surface area contributed by atoms with Gasteiger partial charge in [-0.2, -0.15) is 0 Å². The van der Waals surface area contributed by atoms with Gasteiger partial charge in [-0.1, -0.05) is 0 Å². The minimum Gasteiger partial charge on any atom is -0.444 e. The first-order valence-electron chi connectivity index (χ1n) is 9.82. The van der Waals surface area contributed by atoms with Gasteiger partial charge in [0.05, 0.1) is 4.92 Å². The minimum absolute atomic E-state index is 0.0144. The standard InChI is InChI=1S/C19H27N5O5/c1-19(2,3)29-18(26)23-8-6-13(7-9-23)21-14-10-16(20-11-15(14)24(27)28)22-17(25)12-4-5-12/h10-13H,4-9H2,1-3H3,(H2,20,21,22,25). The van der Waals surface area contributed by atoms with Crippen LogP contribution in [0.4, 0.5) is 22.0 Å². The van der Waals surface area contributed by atoms with Crippen molar-refractivity contribution in [3.63, 3.8) is 0 Å². The Kier molecular flexibility index (Phi) is 5.90. The first kappa shape index (κ1) is 20.8. The highest BCUT2D eigenvalue weighted by atomic mass is 16.6. The summed E-state index contributed by atoms with van der Waals surface area (Å²) in [5.74, 6) is 0.199. The number of anilines is 2. The number of piperidine rings is 1. The number of pyridine rings is 1. The van der Waals surface area contributed by atoms with Crippen molar-refractivity contribution < 1.29 is 19.2 Å². The van der Waals surface area contributed by atoms with Crippen LogP contribution in [-0.4, -0.2) is 51.5 Å². The molecule has 1 aliphatic heterocycles. The predicted octanol–water partition coefficient (Wildman–Crippen LogP) is 3.15. The highest BCUT2D eigenvalue weighted by molar-refractivity contribution is 5.93. The van der Waals surface area contributed by atoms with E-state index >= 15 is 0 Å². The number of amides is 2. The Labute approximate surface area is 169 Å². The number of nitrogens with one attached hydrogen (secondary N) is 2. The third kappa shape index (κ3) is 5.78. The quantitative estimate of drug-likeness (QED) is 0.569. The number of hydrogen-bond acceptors (Lipinski definition) is 7. The fourth-order valence-electron chi connectivity index (χ4n) is 3.10. The molecule has 2 heterocycles. The van der Waals surface area contributed by atoms with E-state index in [1.165, 1.54) is 6.07 Å². The summed E-state index contributed by atoms with van der Waals surface area (Å²) in [5.41, 5.74) is -0.388. The van der Waals surface area contributed by atoms with Crippen LogP contribution in [0.5, 0.6) is 0 Å². The third-order valence-electron chi connectivity index (χ3n) is 4.79. The number of rotatable bonds is 5. The molecular formula is C19H27N5O5. The Morgan fingerprint density at radius 3 is 2.45 bits per heavy atom. The van der Waals surface area contributed by atoms with E-state index in [1.807, 2.05) is 20.8 Å². The van der Waals surface area contributed by atoms with Crippen LogP contribution < -0.4 is 10.6 Å². The van der Waals surface area contributed by atoms with Crippen molar-refractivity contribution in [3.05, 3.63) is 22.4 Å². The van der Waals surface area contributed by atoms with E-state index in [9.17, 15) is 19.7 Å². The topological polar surface area (TPSA) is 127 Å². The average Bonchev–Trinajstić information content (AvgIpc) is 3.46. The fourth-order valence-corrected chi connectivity index (χ4v) is 3.10. The summed E-state index contributed by atoms with van der Waals surface area (Å²) >= 11 is 0. The van der Waals surface area contributed by atoms with Crippen molar-refractivity contribution in [2.75, 3.05) is 23.7 Å². The summed E-state index contributed by atoms with van der Waals surface area (Å²) < 4.78 is 5.39. The highest BCUT2D eigenvalue weighted by Gasteiger charge is 2.31. The average molecular weight is 405 g/mol. The molecule has 2 amide bonds. The third-order valence-corrected chi connectivity index (χ3v) is 4.79. The second-order valence-corrected chi connectivity index (χ2v) is 8.49. The zero-order chi connectivity index (χ0) is 21.2. The number of ether oxygens (including phenoxy) is 1. The van der Waals surface area contributed by atoms with Gasteiger partial charge >= 0.3 is 11.8 Å². The van der Waals surface area contributed by atoms with Crippen LogP contribution in [0.3, 0.4) is 0 Å². The van der Waals surface area contributed by atoms with E-state index in [4.69, 9.17) is 4.74 Å². The highest BCUT2D eigenvalue weighted by Crippen LogP contribution is 2.32. The molecule has 1 saturated heterocycles. The molecule has 3 rings (SSSR count). The zero-order valence-electron chi connectivity index (χ0n) is 16.9. The molecule has 0 atom stereocenters. The lowest BCUT2D eigenvalue weighted by molar-refractivity contribution is -0.384. The molecule has 2 aliphatic rings. The molecule has 10 heteroatoms. The lowest BCUT2D eigenvalue weighted by Crippen LogP contribution is -2.44. The summed E-state index contributed by atoms with van der Waals surface area (Å²) in [6, 6.07) is 1.46. The molecule has 2 N–H and O–H groups in total. The summed E-state index contributed by atoms with van der Waals surface area (Å²) in [6.45, 7) is 6.46. The van der Waals surface area contributed by atoms with Gasteiger partial charge in [0.2, 0.25) is 5.91 Å². The number of aromatic nitrogens is 1. The molecule has 10 nitrogen and oxygen atoms in total. The molecule has 1 aromatic heterocycles. The number of nitro groups is 1. The predicted molar refractivity (Wildman–Crippen MR) is 107 cm³/mol. The van der Waals surface area contributed by atoms with E-state index < -0.39 is 10.5 Å². The second-order valence-electron chi connectivity index (χ2n) is 8.49. The van der Waals surface area contributed by atoms with Gasteiger partial charge in [0, 0.05) is 31.1 Å². The van der Waals surface area contributed by atoms with Gasteiger partial charge in [0.15, 0.2) is 0 Å². The van der Waals surface area contributed by atoms with E-state index in [1.54, 1.807) is 4.90 Å². The van der Waals surface area contributed by atoms with Crippen LogP contribution in [0.25, 0.3) is 0 Å². The van der Waals surface area contributed by atoms with Crippen molar-refractivity contribution in [1.82, 2.24) is 9.88 Å². The lowest BCUT2D eigenvalue weighted by Gasteiger charge is -2.34. The Morgan fingerprint density at radius 1 is 1.24 bits per heavy atom. The Balaban J connectivity index is 1.62. The van der Waals surface area contributed by atoms with Crippen LogP contribution in [0.1, 0.15) is 46.5 Å². The normalized spacial score (nSPS) is 17.6. The molecular weight excluding hydrogens is 378 g/mol. The molecule has 158 valence electrons. The van der Waals surface area contributed by atoms with E-state index in [0.29, 0.717) is 37.4 Å². The number of hydrogen-bond donors (Lipinski definition) is 2. The molecule has 1 aliphatic carbocycles. The van der Waals surface area contributed by atoms with E-state index in [2.05, 4.69) is 15.6 Å². The van der Waals surface area contributed by atoms with Crippen molar-refractivity contribution in [2.24, 2.45) is 5.92 Å². The van der Waals surface area contributed by atoms with Crippen LogP contribution in [0.2, 0.25) is 0 Å². The molecule has 1 saturated carbocycles. The number of carbonyl (C=O) groups is 2. The van der Waals surface area contributed by atoms with Crippen LogP contribution in [0, 0.1) is 16.0 Å². The molecule has 0 radical (unpaired) electrons. The molecule has 2 fully saturated rings. The van der Waals surface area contributed by atoms with Gasteiger partial charge in [0.1, 0.15) is 23.3 Å². The van der Waals surface area contributed by atoms with E-state index in [0.717, 1.165) is 19.0 Å². The summed E-state index contributed by atoms with van der Waals surface area (Å²) in [5, 5.41) is 17.3. The fraction of sp³-hybridized carbons (Fsp3) is 0.632. The van der Waals surface area contributed by atoms with Crippen molar-refractivity contribution in [3.8, 4) is 0 Å².